The first-order valence-corrected chi connectivity index (χ1v) is 6.21. The first-order valence-electron chi connectivity index (χ1n) is 6.21. The van der Waals surface area contributed by atoms with Gasteiger partial charge >= 0.3 is 5.97 Å². The van der Waals surface area contributed by atoms with Crippen molar-refractivity contribution in [2.75, 3.05) is 13.3 Å². The summed E-state index contributed by atoms with van der Waals surface area (Å²) in [6.45, 7) is -0.874. The number of carbonyl (C=O) groups is 1. The Morgan fingerprint density at radius 3 is 2.25 bits per heavy atom. The van der Waals surface area contributed by atoms with Crippen LogP contribution in [-0.4, -0.2) is 24.2 Å². The second-order valence-corrected chi connectivity index (χ2v) is 4.06. The van der Waals surface area contributed by atoms with E-state index in [1.54, 1.807) is 24.5 Å². The summed E-state index contributed by atoms with van der Waals surface area (Å²) in [5.41, 5.74) is 2.43. The molecule has 0 saturated carbocycles. The highest BCUT2D eigenvalue weighted by atomic mass is 19.1. The van der Waals surface area contributed by atoms with E-state index < -0.39 is 12.6 Å². The Kier molecular flexibility index (Phi) is 5.00. The van der Waals surface area contributed by atoms with E-state index in [-0.39, 0.29) is 6.61 Å². The number of aromatic nitrogens is 1. The molecule has 0 aliphatic carbocycles. The second-order valence-electron chi connectivity index (χ2n) is 4.06. The van der Waals surface area contributed by atoms with Crippen molar-refractivity contribution in [2.45, 2.75) is 0 Å². The van der Waals surface area contributed by atoms with E-state index in [0.717, 1.165) is 11.1 Å². The molecule has 3 nitrogen and oxygen atoms in total. The number of carbonyl (C=O) groups excluding carboxylic acids is 1. The normalized spacial score (nSPS) is 10.7. The van der Waals surface area contributed by atoms with Gasteiger partial charge in [-0.15, -0.1) is 0 Å². The van der Waals surface area contributed by atoms with Crippen molar-refractivity contribution < 1.29 is 13.9 Å². The van der Waals surface area contributed by atoms with Gasteiger partial charge in [-0.05, 0) is 35.4 Å². The van der Waals surface area contributed by atoms with Crippen molar-refractivity contribution in [1.29, 1.82) is 0 Å². The van der Waals surface area contributed by atoms with E-state index in [9.17, 15) is 9.18 Å². The van der Waals surface area contributed by atoms with Gasteiger partial charge in [-0.1, -0.05) is 24.3 Å². The summed E-state index contributed by atoms with van der Waals surface area (Å²) in [6.07, 6.45) is 7.34. The van der Waals surface area contributed by atoms with Crippen LogP contribution in [0.5, 0.6) is 0 Å². The van der Waals surface area contributed by atoms with Gasteiger partial charge in [-0.2, -0.15) is 0 Å². The lowest BCUT2D eigenvalue weighted by Gasteiger charge is -2.02. The van der Waals surface area contributed by atoms with Crippen molar-refractivity contribution in [2.24, 2.45) is 0 Å². The van der Waals surface area contributed by atoms with Gasteiger partial charge in [0.1, 0.15) is 13.3 Å². The van der Waals surface area contributed by atoms with Gasteiger partial charge in [0.15, 0.2) is 0 Å². The van der Waals surface area contributed by atoms with Crippen LogP contribution in [0.15, 0.2) is 48.8 Å². The Morgan fingerprint density at radius 2 is 1.65 bits per heavy atom. The Labute approximate surface area is 116 Å². The van der Waals surface area contributed by atoms with Crippen molar-refractivity contribution >= 4 is 18.1 Å². The fraction of sp³-hybridized carbons (Fsp3) is 0.125. The lowest BCUT2D eigenvalue weighted by atomic mass is 10.1. The highest BCUT2D eigenvalue weighted by molar-refractivity contribution is 5.89. The largest absolute Gasteiger partial charge is 0.459 e. The topological polar surface area (TPSA) is 39.2 Å². The zero-order valence-electron chi connectivity index (χ0n) is 10.8. The molecule has 0 bridgehead atoms. The highest BCUT2D eigenvalue weighted by Crippen LogP contribution is 2.10. The minimum Gasteiger partial charge on any atom is -0.459 e. The minimum atomic E-state index is -0.668. The summed E-state index contributed by atoms with van der Waals surface area (Å²) in [5, 5.41) is 0. The van der Waals surface area contributed by atoms with Crippen LogP contribution < -0.4 is 0 Å². The molecule has 2 aromatic rings. The van der Waals surface area contributed by atoms with E-state index in [1.165, 1.54) is 0 Å². The third kappa shape index (κ3) is 4.02. The lowest BCUT2D eigenvalue weighted by Crippen LogP contribution is -2.07. The zero-order valence-corrected chi connectivity index (χ0v) is 10.8. The van der Waals surface area contributed by atoms with E-state index in [1.807, 2.05) is 36.4 Å². The summed E-state index contributed by atoms with van der Waals surface area (Å²) in [7, 11) is 0. The maximum atomic E-state index is 11.9. The standard InChI is InChI=1S/C16H14FNO2/c17-9-12-20-16(19)15-5-3-13(4-6-15)1-2-14-7-10-18-11-8-14/h1-8,10-11H,9,12H2/b2-1+. The number of halogens is 1. The van der Waals surface area contributed by atoms with Crippen molar-refractivity contribution in [3.05, 3.63) is 65.5 Å². The average Bonchev–Trinajstić information content (AvgIpc) is 2.52. The Hall–Kier alpha value is -2.49. The van der Waals surface area contributed by atoms with Crippen molar-refractivity contribution in [1.82, 2.24) is 4.98 Å². The maximum absolute atomic E-state index is 11.9. The van der Waals surface area contributed by atoms with E-state index >= 15 is 0 Å². The Balaban J connectivity index is 2.01. The summed E-state index contributed by atoms with van der Waals surface area (Å²) < 4.78 is 16.6. The molecule has 1 aromatic heterocycles. The van der Waals surface area contributed by atoms with E-state index in [2.05, 4.69) is 4.98 Å². The van der Waals surface area contributed by atoms with Crippen molar-refractivity contribution in [3.63, 3.8) is 0 Å². The van der Waals surface area contributed by atoms with Crippen LogP contribution in [0.4, 0.5) is 4.39 Å². The molecular formula is C16H14FNO2. The minimum absolute atomic E-state index is 0.206. The fourth-order valence-corrected chi connectivity index (χ4v) is 1.61. The number of rotatable bonds is 5. The van der Waals surface area contributed by atoms with E-state index in [4.69, 9.17) is 4.74 Å². The maximum Gasteiger partial charge on any atom is 0.338 e. The van der Waals surface area contributed by atoms with Crippen LogP contribution in [-0.2, 0) is 4.74 Å². The van der Waals surface area contributed by atoms with Gasteiger partial charge in [0.2, 0.25) is 0 Å². The molecule has 1 heterocycles. The van der Waals surface area contributed by atoms with Gasteiger partial charge in [0, 0.05) is 12.4 Å². The van der Waals surface area contributed by atoms with Gasteiger partial charge in [-0.25, -0.2) is 9.18 Å². The molecule has 0 atom stereocenters. The van der Waals surface area contributed by atoms with Gasteiger partial charge in [0.05, 0.1) is 5.56 Å². The number of ether oxygens (including phenoxy) is 1. The summed E-state index contributed by atoms with van der Waals surface area (Å²) in [4.78, 5) is 15.4. The van der Waals surface area contributed by atoms with Gasteiger partial charge in [0.25, 0.3) is 0 Å². The average molecular weight is 271 g/mol. The summed E-state index contributed by atoms with van der Waals surface area (Å²) in [6, 6.07) is 10.7. The molecule has 0 N–H and O–H groups in total. The first kappa shape index (κ1) is 13.9. The van der Waals surface area contributed by atoms with Crippen LogP contribution in [0.2, 0.25) is 0 Å². The molecule has 0 spiro atoms. The smallest absolute Gasteiger partial charge is 0.338 e. The Morgan fingerprint density at radius 1 is 1.05 bits per heavy atom. The van der Waals surface area contributed by atoms with Gasteiger partial charge < -0.3 is 4.74 Å². The first-order chi connectivity index (χ1) is 9.79. The molecule has 0 amide bonds. The molecule has 2 rings (SSSR count). The SMILES string of the molecule is O=C(OCCF)c1ccc(/C=C/c2ccncc2)cc1. The number of pyridine rings is 1. The number of alkyl halides is 1. The molecule has 0 aliphatic heterocycles. The fourth-order valence-electron chi connectivity index (χ4n) is 1.61. The zero-order chi connectivity index (χ0) is 14.2. The molecule has 0 fully saturated rings. The number of hydrogen-bond donors (Lipinski definition) is 0. The molecule has 0 unspecified atom stereocenters. The molecular weight excluding hydrogens is 257 g/mol. The van der Waals surface area contributed by atoms with Crippen LogP contribution >= 0.6 is 0 Å². The molecule has 102 valence electrons. The van der Waals surface area contributed by atoms with Crippen LogP contribution in [0.1, 0.15) is 21.5 Å². The predicted octanol–water partition coefficient (Wildman–Crippen LogP) is 3.38. The van der Waals surface area contributed by atoms with Crippen LogP contribution in [0.25, 0.3) is 12.2 Å². The third-order valence-electron chi connectivity index (χ3n) is 2.63. The van der Waals surface area contributed by atoms with Gasteiger partial charge in [-0.3, -0.25) is 4.98 Å². The molecule has 0 aliphatic rings. The molecule has 0 saturated heterocycles. The predicted molar refractivity (Wildman–Crippen MR) is 75.9 cm³/mol. The number of nitrogens with zero attached hydrogens (tertiary/aromatic N) is 1. The molecule has 1 aromatic carbocycles. The number of hydrogen-bond acceptors (Lipinski definition) is 3. The highest BCUT2D eigenvalue weighted by Gasteiger charge is 2.05. The molecule has 20 heavy (non-hydrogen) atoms. The van der Waals surface area contributed by atoms with Crippen LogP contribution in [0.3, 0.4) is 0 Å². The summed E-state index contributed by atoms with van der Waals surface area (Å²) >= 11 is 0. The van der Waals surface area contributed by atoms with Crippen molar-refractivity contribution in [3.8, 4) is 0 Å². The number of esters is 1. The third-order valence-corrected chi connectivity index (χ3v) is 2.63. The summed E-state index contributed by atoms with van der Waals surface area (Å²) in [5.74, 6) is -0.507. The number of benzene rings is 1. The van der Waals surface area contributed by atoms with E-state index in [0.29, 0.717) is 5.56 Å². The monoisotopic (exact) mass is 271 g/mol. The second kappa shape index (κ2) is 7.19. The molecule has 0 radical (unpaired) electrons. The Bertz CT molecular complexity index is 579. The van der Waals surface area contributed by atoms with Crippen LogP contribution in [0, 0.1) is 0 Å². The lowest BCUT2D eigenvalue weighted by molar-refractivity contribution is 0.0481. The molecule has 4 heteroatoms. The quantitative estimate of drug-likeness (QED) is 0.783.